The highest BCUT2D eigenvalue weighted by Crippen LogP contribution is 2.38. The summed E-state index contributed by atoms with van der Waals surface area (Å²) in [6.07, 6.45) is 0.724. The lowest BCUT2D eigenvalue weighted by Gasteiger charge is -2.14. The van der Waals surface area contributed by atoms with Crippen molar-refractivity contribution < 1.29 is 9.47 Å². The predicted molar refractivity (Wildman–Crippen MR) is 61.3 cm³/mol. The number of ether oxygens (including phenoxy) is 2. The zero-order chi connectivity index (χ0) is 11.4. The van der Waals surface area contributed by atoms with Gasteiger partial charge in [-0.1, -0.05) is 6.92 Å². The van der Waals surface area contributed by atoms with E-state index in [0.29, 0.717) is 17.1 Å². The number of nitriles is 1. The lowest BCUT2D eigenvalue weighted by atomic mass is 10.0. The van der Waals surface area contributed by atoms with Gasteiger partial charge in [0.25, 0.3) is 0 Å². The van der Waals surface area contributed by atoms with Crippen LogP contribution in [0.5, 0.6) is 11.5 Å². The van der Waals surface area contributed by atoms with E-state index < -0.39 is 0 Å². The lowest BCUT2D eigenvalue weighted by molar-refractivity contribution is 0.351. The number of nitrogens with zero attached hydrogens (tertiary/aromatic N) is 1. The molecule has 0 spiro atoms. The van der Waals surface area contributed by atoms with Gasteiger partial charge in [0.15, 0.2) is 11.5 Å². The first-order chi connectivity index (χ1) is 7.19. The summed E-state index contributed by atoms with van der Waals surface area (Å²) in [6.45, 7) is 1.98. The second-order valence-corrected chi connectivity index (χ2v) is 3.77. The molecule has 0 aromatic heterocycles. The standard InChI is InChI=1S/C11H12BrNO2/c1-4-7-8(6-13)9(12)5-10(14-2)11(7)15-3/h5H,4H2,1-3H3. The maximum absolute atomic E-state index is 9.04. The minimum atomic E-state index is 0.607. The number of hydrogen-bond acceptors (Lipinski definition) is 3. The summed E-state index contributed by atoms with van der Waals surface area (Å²) in [6, 6.07) is 3.90. The van der Waals surface area contributed by atoms with Gasteiger partial charge in [0.05, 0.1) is 19.8 Å². The van der Waals surface area contributed by atoms with Crippen LogP contribution in [0.1, 0.15) is 18.1 Å². The molecular formula is C11H12BrNO2. The summed E-state index contributed by atoms with van der Waals surface area (Å²) >= 11 is 3.35. The van der Waals surface area contributed by atoms with Crippen LogP contribution in [-0.2, 0) is 6.42 Å². The Morgan fingerprint density at radius 1 is 1.40 bits per heavy atom. The van der Waals surface area contributed by atoms with Crippen molar-refractivity contribution in [3.8, 4) is 17.6 Å². The van der Waals surface area contributed by atoms with Crippen molar-refractivity contribution in [2.24, 2.45) is 0 Å². The molecule has 0 aliphatic heterocycles. The fourth-order valence-electron chi connectivity index (χ4n) is 1.49. The molecule has 0 N–H and O–H groups in total. The average Bonchev–Trinajstić information content (AvgIpc) is 2.27. The Balaban J connectivity index is 3.53. The Labute approximate surface area is 97.7 Å². The van der Waals surface area contributed by atoms with Gasteiger partial charge < -0.3 is 9.47 Å². The summed E-state index contributed by atoms with van der Waals surface area (Å²) in [5, 5.41) is 9.04. The fraction of sp³-hybridized carbons (Fsp3) is 0.364. The summed E-state index contributed by atoms with van der Waals surface area (Å²) in [7, 11) is 3.15. The second kappa shape index (κ2) is 5.04. The highest BCUT2D eigenvalue weighted by molar-refractivity contribution is 9.10. The van der Waals surface area contributed by atoms with Gasteiger partial charge in [-0.25, -0.2) is 0 Å². The Bertz CT molecular complexity index is 410. The van der Waals surface area contributed by atoms with Crippen molar-refractivity contribution in [2.45, 2.75) is 13.3 Å². The number of hydrogen-bond donors (Lipinski definition) is 0. The molecule has 3 nitrogen and oxygen atoms in total. The normalized spacial score (nSPS) is 9.53. The zero-order valence-corrected chi connectivity index (χ0v) is 10.5. The van der Waals surface area contributed by atoms with Crippen LogP contribution in [0.15, 0.2) is 10.5 Å². The van der Waals surface area contributed by atoms with E-state index in [2.05, 4.69) is 22.0 Å². The van der Waals surface area contributed by atoms with Crippen molar-refractivity contribution in [2.75, 3.05) is 14.2 Å². The van der Waals surface area contributed by atoms with Gasteiger partial charge in [-0.15, -0.1) is 0 Å². The molecular weight excluding hydrogens is 258 g/mol. The Kier molecular flexibility index (Phi) is 3.98. The van der Waals surface area contributed by atoms with E-state index in [1.807, 2.05) is 6.92 Å². The molecule has 0 fully saturated rings. The van der Waals surface area contributed by atoms with Crippen LogP contribution in [0, 0.1) is 11.3 Å². The minimum absolute atomic E-state index is 0.607. The zero-order valence-electron chi connectivity index (χ0n) is 8.93. The van der Waals surface area contributed by atoms with E-state index >= 15 is 0 Å². The molecule has 4 heteroatoms. The topological polar surface area (TPSA) is 42.2 Å². The number of methoxy groups -OCH3 is 2. The molecule has 1 rings (SSSR count). The van der Waals surface area contributed by atoms with Gasteiger partial charge in [0, 0.05) is 10.0 Å². The van der Waals surface area contributed by atoms with Crippen LogP contribution in [0.3, 0.4) is 0 Å². The van der Waals surface area contributed by atoms with E-state index in [0.717, 1.165) is 16.5 Å². The maximum atomic E-state index is 9.04. The second-order valence-electron chi connectivity index (χ2n) is 2.91. The van der Waals surface area contributed by atoms with Gasteiger partial charge in [-0.2, -0.15) is 5.26 Å². The number of halogens is 1. The van der Waals surface area contributed by atoms with Crippen molar-refractivity contribution in [1.29, 1.82) is 5.26 Å². The molecule has 0 saturated heterocycles. The molecule has 0 aliphatic rings. The van der Waals surface area contributed by atoms with Crippen LogP contribution >= 0.6 is 15.9 Å². The van der Waals surface area contributed by atoms with Crippen molar-refractivity contribution >= 4 is 15.9 Å². The van der Waals surface area contributed by atoms with Crippen molar-refractivity contribution in [1.82, 2.24) is 0 Å². The molecule has 1 aromatic carbocycles. The molecule has 0 aliphatic carbocycles. The number of rotatable bonds is 3. The maximum Gasteiger partial charge on any atom is 0.165 e. The molecule has 80 valence electrons. The Morgan fingerprint density at radius 3 is 2.47 bits per heavy atom. The van der Waals surface area contributed by atoms with Gasteiger partial charge in [0.1, 0.15) is 6.07 Å². The van der Waals surface area contributed by atoms with Crippen LogP contribution in [-0.4, -0.2) is 14.2 Å². The van der Waals surface area contributed by atoms with Crippen LogP contribution in [0.4, 0.5) is 0 Å². The quantitative estimate of drug-likeness (QED) is 0.848. The molecule has 15 heavy (non-hydrogen) atoms. The van der Waals surface area contributed by atoms with Crippen LogP contribution in [0.2, 0.25) is 0 Å². The van der Waals surface area contributed by atoms with Crippen molar-refractivity contribution in [3.05, 3.63) is 21.7 Å². The molecule has 0 saturated carbocycles. The SMILES string of the molecule is CCc1c(C#N)c(Br)cc(OC)c1OC. The summed E-state index contributed by atoms with van der Waals surface area (Å²) in [5.41, 5.74) is 1.47. The van der Waals surface area contributed by atoms with E-state index in [1.54, 1.807) is 20.3 Å². The predicted octanol–water partition coefficient (Wildman–Crippen LogP) is 2.90. The molecule has 0 unspecified atom stereocenters. The molecule has 0 amide bonds. The summed E-state index contributed by atoms with van der Waals surface area (Å²) in [5.74, 6) is 1.28. The van der Waals surface area contributed by atoms with Crippen molar-refractivity contribution in [3.63, 3.8) is 0 Å². The third kappa shape index (κ3) is 2.07. The van der Waals surface area contributed by atoms with E-state index in [9.17, 15) is 0 Å². The van der Waals surface area contributed by atoms with Gasteiger partial charge >= 0.3 is 0 Å². The lowest BCUT2D eigenvalue weighted by Crippen LogP contribution is -1.99. The van der Waals surface area contributed by atoms with Gasteiger partial charge in [-0.3, -0.25) is 0 Å². The molecule has 0 heterocycles. The van der Waals surface area contributed by atoms with Crippen LogP contribution < -0.4 is 9.47 Å². The third-order valence-corrected chi connectivity index (χ3v) is 2.81. The largest absolute Gasteiger partial charge is 0.493 e. The van der Waals surface area contributed by atoms with Crippen LogP contribution in [0.25, 0.3) is 0 Å². The first-order valence-electron chi connectivity index (χ1n) is 4.53. The monoisotopic (exact) mass is 269 g/mol. The highest BCUT2D eigenvalue weighted by atomic mass is 79.9. The van der Waals surface area contributed by atoms with E-state index in [1.165, 1.54) is 0 Å². The van der Waals surface area contributed by atoms with Gasteiger partial charge in [0.2, 0.25) is 0 Å². The highest BCUT2D eigenvalue weighted by Gasteiger charge is 2.16. The Hall–Kier alpha value is -1.21. The summed E-state index contributed by atoms with van der Waals surface area (Å²) < 4.78 is 11.2. The van der Waals surface area contributed by atoms with E-state index in [4.69, 9.17) is 14.7 Å². The molecule has 0 radical (unpaired) electrons. The first-order valence-corrected chi connectivity index (χ1v) is 5.32. The van der Waals surface area contributed by atoms with Gasteiger partial charge in [-0.05, 0) is 28.4 Å². The third-order valence-electron chi connectivity index (χ3n) is 2.19. The first kappa shape index (κ1) is 11.9. The number of benzene rings is 1. The van der Waals surface area contributed by atoms with E-state index in [-0.39, 0.29) is 0 Å². The summed E-state index contributed by atoms with van der Waals surface area (Å²) in [4.78, 5) is 0. The Morgan fingerprint density at radius 2 is 2.07 bits per heavy atom. The average molecular weight is 270 g/mol. The molecule has 0 bridgehead atoms. The smallest absolute Gasteiger partial charge is 0.165 e. The fourth-order valence-corrected chi connectivity index (χ4v) is 2.03. The molecule has 0 atom stereocenters. The molecule has 1 aromatic rings. The minimum Gasteiger partial charge on any atom is -0.493 e.